The lowest BCUT2D eigenvalue weighted by molar-refractivity contribution is 0.117. The van der Waals surface area contributed by atoms with E-state index in [1.54, 1.807) is 0 Å². The topological polar surface area (TPSA) is 59.1 Å². The lowest BCUT2D eigenvalue weighted by atomic mass is 10.2. The van der Waals surface area contributed by atoms with Gasteiger partial charge in [0, 0.05) is 17.5 Å². The van der Waals surface area contributed by atoms with Gasteiger partial charge in [-0.25, -0.2) is 0 Å². The van der Waals surface area contributed by atoms with Crippen molar-refractivity contribution in [3.8, 4) is 0 Å². The first-order valence-corrected chi connectivity index (χ1v) is 6.13. The Morgan fingerprint density at radius 2 is 2.06 bits per heavy atom. The zero-order valence-electron chi connectivity index (χ0n) is 9.21. The lowest BCUT2D eigenvalue weighted by Gasteiger charge is -2.05. The van der Waals surface area contributed by atoms with Crippen molar-refractivity contribution < 1.29 is 4.74 Å². The van der Waals surface area contributed by atoms with Crippen molar-refractivity contribution in [2.45, 2.75) is 25.9 Å². The number of nitrogens with one attached hydrogen (secondary N) is 1. The average Bonchev–Trinajstić information content (AvgIpc) is 2.25. The molecule has 0 unspecified atom stereocenters. The van der Waals surface area contributed by atoms with Crippen LogP contribution in [0.3, 0.4) is 0 Å². The Morgan fingerprint density at radius 3 is 2.75 bits per heavy atom. The fourth-order valence-corrected chi connectivity index (χ4v) is 1.72. The molecule has 0 spiro atoms. The van der Waals surface area contributed by atoms with Crippen LogP contribution < -0.4 is 5.73 Å². The highest BCUT2D eigenvalue weighted by molar-refractivity contribution is 9.10. The van der Waals surface area contributed by atoms with E-state index in [2.05, 4.69) is 15.9 Å². The Balaban J connectivity index is 2.12. The third-order valence-electron chi connectivity index (χ3n) is 2.20. The molecule has 0 aliphatic carbocycles. The number of hydrogen-bond donors (Lipinski definition) is 2. The summed E-state index contributed by atoms with van der Waals surface area (Å²) in [6.45, 7) is 1.34. The van der Waals surface area contributed by atoms with Crippen molar-refractivity contribution in [1.82, 2.24) is 0 Å². The highest BCUT2D eigenvalue weighted by Crippen LogP contribution is 2.16. The van der Waals surface area contributed by atoms with Crippen LogP contribution in [0.15, 0.2) is 28.7 Å². The molecule has 0 radical (unpaired) electrons. The maximum Gasteiger partial charge on any atom is 0.0905 e. The van der Waals surface area contributed by atoms with Crippen molar-refractivity contribution >= 4 is 21.8 Å². The number of benzene rings is 1. The predicted octanol–water partition coefficient (Wildman–Crippen LogP) is 3.07. The number of halogens is 1. The van der Waals surface area contributed by atoms with Crippen LogP contribution in [0, 0.1) is 5.41 Å². The van der Waals surface area contributed by atoms with Crippen molar-refractivity contribution in [3.63, 3.8) is 0 Å². The van der Waals surface area contributed by atoms with Gasteiger partial charge in [-0.05, 0) is 24.5 Å². The van der Waals surface area contributed by atoms with Gasteiger partial charge < -0.3 is 10.5 Å². The third-order valence-corrected chi connectivity index (χ3v) is 2.97. The largest absolute Gasteiger partial charge is 0.388 e. The summed E-state index contributed by atoms with van der Waals surface area (Å²) in [4.78, 5) is 0. The second kappa shape index (κ2) is 7.41. The smallest absolute Gasteiger partial charge is 0.0905 e. The Morgan fingerprint density at radius 1 is 1.31 bits per heavy atom. The summed E-state index contributed by atoms with van der Waals surface area (Å²) in [5.41, 5.74) is 6.42. The molecule has 0 atom stereocenters. The molecule has 0 saturated heterocycles. The molecule has 4 heteroatoms. The fraction of sp³-hybridized carbons (Fsp3) is 0.417. The molecule has 0 aromatic heterocycles. The maximum absolute atomic E-state index is 7.07. The first-order chi connectivity index (χ1) is 7.70. The quantitative estimate of drug-likeness (QED) is 0.459. The number of unbranched alkanes of at least 4 members (excludes halogenated alkanes) is 1. The standard InChI is InChI=1S/C12H17BrN2O/c13-11-6-2-1-5-10(11)9-16-8-4-3-7-12(14)15/h1-2,5-6H,3-4,7-9H2,(H3,14,15). The van der Waals surface area contributed by atoms with Gasteiger partial charge in [-0.2, -0.15) is 0 Å². The lowest BCUT2D eigenvalue weighted by Crippen LogP contribution is -2.09. The van der Waals surface area contributed by atoms with Crippen LogP contribution in [-0.2, 0) is 11.3 Å². The van der Waals surface area contributed by atoms with Crippen LogP contribution in [0.1, 0.15) is 24.8 Å². The summed E-state index contributed by atoms with van der Waals surface area (Å²) >= 11 is 3.47. The zero-order valence-corrected chi connectivity index (χ0v) is 10.8. The van der Waals surface area contributed by atoms with Crippen LogP contribution >= 0.6 is 15.9 Å². The normalized spacial score (nSPS) is 10.3. The molecular weight excluding hydrogens is 268 g/mol. The van der Waals surface area contributed by atoms with Crippen LogP contribution in [-0.4, -0.2) is 12.4 Å². The van der Waals surface area contributed by atoms with Gasteiger partial charge in [0.05, 0.1) is 12.4 Å². The second-order valence-corrected chi connectivity index (χ2v) is 4.48. The molecule has 88 valence electrons. The van der Waals surface area contributed by atoms with Gasteiger partial charge in [0.2, 0.25) is 0 Å². The number of hydrogen-bond acceptors (Lipinski definition) is 2. The van der Waals surface area contributed by atoms with Gasteiger partial charge in [-0.1, -0.05) is 34.1 Å². The van der Waals surface area contributed by atoms with Crippen molar-refractivity contribution in [2.24, 2.45) is 5.73 Å². The highest BCUT2D eigenvalue weighted by atomic mass is 79.9. The number of nitrogens with two attached hydrogens (primary N) is 1. The molecule has 0 aliphatic rings. The SMILES string of the molecule is N=C(N)CCCCOCc1ccccc1Br. The van der Waals surface area contributed by atoms with Crippen LogP contribution in [0.4, 0.5) is 0 Å². The summed E-state index contributed by atoms with van der Waals surface area (Å²) in [5.74, 6) is 0.255. The van der Waals surface area contributed by atoms with Crippen LogP contribution in [0.5, 0.6) is 0 Å². The summed E-state index contributed by atoms with van der Waals surface area (Å²) in [5, 5.41) is 7.07. The van der Waals surface area contributed by atoms with Gasteiger partial charge >= 0.3 is 0 Å². The van der Waals surface area contributed by atoms with E-state index in [4.69, 9.17) is 15.9 Å². The number of amidine groups is 1. The molecule has 1 rings (SSSR count). The van der Waals surface area contributed by atoms with Gasteiger partial charge in [0.1, 0.15) is 0 Å². The molecule has 0 heterocycles. The molecule has 16 heavy (non-hydrogen) atoms. The fourth-order valence-electron chi connectivity index (χ4n) is 1.32. The van der Waals surface area contributed by atoms with E-state index in [0.717, 1.165) is 22.9 Å². The minimum Gasteiger partial charge on any atom is -0.388 e. The highest BCUT2D eigenvalue weighted by Gasteiger charge is 1.98. The van der Waals surface area contributed by atoms with Gasteiger partial charge in [0.25, 0.3) is 0 Å². The average molecular weight is 285 g/mol. The Hall–Kier alpha value is -0.870. The van der Waals surface area contributed by atoms with E-state index in [9.17, 15) is 0 Å². The number of rotatable bonds is 7. The van der Waals surface area contributed by atoms with E-state index in [1.165, 1.54) is 0 Å². The van der Waals surface area contributed by atoms with E-state index in [0.29, 0.717) is 19.6 Å². The van der Waals surface area contributed by atoms with Gasteiger partial charge in [-0.3, -0.25) is 5.41 Å². The van der Waals surface area contributed by atoms with Crippen LogP contribution in [0.2, 0.25) is 0 Å². The molecule has 0 aliphatic heterocycles. The van der Waals surface area contributed by atoms with E-state index in [-0.39, 0.29) is 5.84 Å². The van der Waals surface area contributed by atoms with Crippen molar-refractivity contribution in [2.75, 3.05) is 6.61 Å². The van der Waals surface area contributed by atoms with Crippen LogP contribution in [0.25, 0.3) is 0 Å². The maximum atomic E-state index is 7.07. The minimum absolute atomic E-state index is 0.255. The minimum atomic E-state index is 0.255. The molecule has 3 nitrogen and oxygen atoms in total. The molecule has 1 aromatic rings. The summed E-state index contributed by atoms with van der Waals surface area (Å²) in [7, 11) is 0. The van der Waals surface area contributed by atoms with E-state index in [1.807, 2.05) is 24.3 Å². The van der Waals surface area contributed by atoms with Gasteiger partial charge in [0.15, 0.2) is 0 Å². The molecule has 1 aromatic carbocycles. The zero-order chi connectivity index (χ0) is 11.8. The molecule has 0 amide bonds. The van der Waals surface area contributed by atoms with Crippen molar-refractivity contribution in [1.29, 1.82) is 5.41 Å². The Bertz CT molecular complexity index is 342. The first kappa shape index (κ1) is 13.2. The predicted molar refractivity (Wildman–Crippen MR) is 69.6 cm³/mol. The third kappa shape index (κ3) is 5.28. The van der Waals surface area contributed by atoms with Crippen molar-refractivity contribution in [3.05, 3.63) is 34.3 Å². The second-order valence-electron chi connectivity index (χ2n) is 3.63. The first-order valence-electron chi connectivity index (χ1n) is 5.34. The Kier molecular flexibility index (Phi) is 6.11. The molecule has 0 saturated carbocycles. The molecular formula is C12H17BrN2O. The summed E-state index contributed by atoms with van der Waals surface area (Å²) in [6, 6.07) is 8.04. The summed E-state index contributed by atoms with van der Waals surface area (Å²) in [6.07, 6.45) is 2.54. The monoisotopic (exact) mass is 284 g/mol. The summed E-state index contributed by atoms with van der Waals surface area (Å²) < 4.78 is 6.62. The molecule has 0 fully saturated rings. The van der Waals surface area contributed by atoms with E-state index < -0.39 is 0 Å². The Labute approximate surface area is 105 Å². The molecule has 3 N–H and O–H groups in total. The van der Waals surface area contributed by atoms with E-state index >= 15 is 0 Å². The number of ether oxygens (including phenoxy) is 1. The molecule has 0 bridgehead atoms. The van der Waals surface area contributed by atoms with Gasteiger partial charge in [-0.15, -0.1) is 0 Å².